The van der Waals surface area contributed by atoms with Crippen LogP contribution >= 0.6 is 11.9 Å². The Morgan fingerprint density at radius 3 is 2.80 bits per heavy atom. The Bertz CT molecular complexity index is 342. The SMILES string of the molecule is NC(=O)C1CCCN1Sc1ccccc1. The molecular weight excluding hydrogens is 208 g/mol. The molecule has 1 amide bonds. The third-order valence-electron chi connectivity index (χ3n) is 2.50. The van der Waals surface area contributed by atoms with E-state index in [9.17, 15) is 4.79 Å². The zero-order valence-electron chi connectivity index (χ0n) is 8.43. The summed E-state index contributed by atoms with van der Waals surface area (Å²) in [5, 5.41) is 0. The second-order valence-electron chi connectivity index (χ2n) is 3.61. The zero-order chi connectivity index (χ0) is 10.7. The van der Waals surface area contributed by atoms with Crippen molar-refractivity contribution in [1.82, 2.24) is 4.31 Å². The number of rotatable bonds is 3. The van der Waals surface area contributed by atoms with Crippen LogP contribution in [0.25, 0.3) is 0 Å². The minimum Gasteiger partial charge on any atom is -0.368 e. The molecule has 1 heterocycles. The van der Waals surface area contributed by atoms with Crippen LogP contribution in [0.3, 0.4) is 0 Å². The summed E-state index contributed by atoms with van der Waals surface area (Å²) in [6.45, 7) is 0.938. The number of amides is 1. The lowest BCUT2D eigenvalue weighted by Crippen LogP contribution is -2.36. The van der Waals surface area contributed by atoms with Crippen molar-refractivity contribution in [2.24, 2.45) is 5.73 Å². The molecular formula is C11H14N2OS. The first kappa shape index (κ1) is 10.5. The molecule has 0 spiro atoms. The van der Waals surface area contributed by atoms with Crippen molar-refractivity contribution in [3.8, 4) is 0 Å². The molecule has 1 fully saturated rings. The number of benzene rings is 1. The quantitative estimate of drug-likeness (QED) is 0.791. The van der Waals surface area contributed by atoms with Crippen LogP contribution in [0.2, 0.25) is 0 Å². The number of carbonyl (C=O) groups excluding carboxylic acids is 1. The third-order valence-corrected chi connectivity index (χ3v) is 3.65. The number of hydrogen-bond donors (Lipinski definition) is 1. The molecule has 1 saturated heterocycles. The molecule has 1 aliphatic heterocycles. The molecule has 1 aliphatic rings. The molecule has 1 aromatic rings. The maximum Gasteiger partial charge on any atom is 0.235 e. The molecule has 1 unspecified atom stereocenters. The largest absolute Gasteiger partial charge is 0.368 e. The Morgan fingerprint density at radius 2 is 2.13 bits per heavy atom. The highest BCUT2D eigenvalue weighted by molar-refractivity contribution is 7.97. The summed E-state index contributed by atoms with van der Waals surface area (Å²) in [6, 6.07) is 9.96. The topological polar surface area (TPSA) is 46.3 Å². The first-order valence-electron chi connectivity index (χ1n) is 5.06. The predicted octanol–water partition coefficient (Wildman–Crippen LogP) is 1.64. The van der Waals surface area contributed by atoms with Gasteiger partial charge in [0.25, 0.3) is 0 Å². The van der Waals surface area contributed by atoms with Gasteiger partial charge in [-0.2, -0.15) is 0 Å². The number of nitrogens with zero attached hydrogens (tertiary/aromatic N) is 1. The molecule has 0 radical (unpaired) electrons. The Morgan fingerprint density at radius 1 is 1.40 bits per heavy atom. The van der Waals surface area contributed by atoms with E-state index in [1.165, 1.54) is 0 Å². The van der Waals surface area contributed by atoms with Gasteiger partial charge < -0.3 is 5.73 Å². The summed E-state index contributed by atoms with van der Waals surface area (Å²) in [4.78, 5) is 12.3. The van der Waals surface area contributed by atoms with Gasteiger partial charge in [-0.1, -0.05) is 18.2 Å². The normalized spacial score (nSPS) is 21.7. The average molecular weight is 222 g/mol. The van der Waals surface area contributed by atoms with Gasteiger partial charge in [-0.15, -0.1) is 0 Å². The van der Waals surface area contributed by atoms with Crippen LogP contribution in [-0.4, -0.2) is 22.8 Å². The molecule has 4 heteroatoms. The van der Waals surface area contributed by atoms with Crippen LogP contribution in [0.4, 0.5) is 0 Å². The van der Waals surface area contributed by atoms with Gasteiger partial charge >= 0.3 is 0 Å². The van der Waals surface area contributed by atoms with Crippen LogP contribution in [0.5, 0.6) is 0 Å². The third kappa shape index (κ3) is 2.52. The maximum atomic E-state index is 11.2. The molecule has 0 saturated carbocycles. The fourth-order valence-corrected chi connectivity index (χ4v) is 2.86. The Hall–Kier alpha value is -1.00. The number of carbonyl (C=O) groups is 1. The van der Waals surface area contributed by atoms with E-state index in [0.29, 0.717) is 0 Å². The molecule has 0 aromatic heterocycles. The summed E-state index contributed by atoms with van der Waals surface area (Å²) in [6.07, 6.45) is 1.93. The molecule has 0 aliphatic carbocycles. The molecule has 0 bridgehead atoms. The van der Waals surface area contributed by atoms with Crippen LogP contribution in [0.1, 0.15) is 12.8 Å². The van der Waals surface area contributed by atoms with Gasteiger partial charge in [0.15, 0.2) is 0 Å². The zero-order valence-corrected chi connectivity index (χ0v) is 9.24. The fourth-order valence-electron chi connectivity index (χ4n) is 1.75. The molecule has 3 nitrogen and oxygen atoms in total. The Labute approximate surface area is 93.8 Å². The number of hydrogen-bond acceptors (Lipinski definition) is 3. The van der Waals surface area contributed by atoms with Crippen molar-refractivity contribution in [2.45, 2.75) is 23.8 Å². The predicted molar refractivity (Wildman–Crippen MR) is 61.2 cm³/mol. The van der Waals surface area contributed by atoms with Crippen LogP contribution in [0, 0.1) is 0 Å². The van der Waals surface area contributed by atoms with E-state index in [4.69, 9.17) is 5.73 Å². The van der Waals surface area contributed by atoms with E-state index in [-0.39, 0.29) is 11.9 Å². The van der Waals surface area contributed by atoms with E-state index in [1.807, 2.05) is 30.3 Å². The van der Waals surface area contributed by atoms with Crippen LogP contribution in [-0.2, 0) is 4.79 Å². The van der Waals surface area contributed by atoms with Gasteiger partial charge in [-0.25, -0.2) is 4.31 Å². The maximum absolute atomic E-state index is 11.2. The molecule has 15 heavy (non-hydrogen) atoms. The average Bonchev–Trinajstić information content (AvgIpc) is 2.67. The molecule has 1 atom stereocenters. The van der Waals surface area contributed by atoms with Gasteiger partial charge in [-0.05, 0) is 36.9 Å². The van der Waals surface area contributed by atoms with E-state index >= 15 is 0 Å². The smallest absolute Gasteiger partial charge is 0.235 e. The molecule has 2 rings (SSSR count). The van der Waals surface area contributed by atoms with Crippen molar-refractivity contribution in [2.75, 3.05) is 6.54 Å². The molecule has 80 valence electrons. The molecule has 2 N–H and O–H groups in total. The highest BCUT2D eigenvalue weighted by Crippen LogP contribution is 2.30. The van der Waals surface area contributed by atoms with Crippen LogP contribution < -0.4 is 5.73 Å². The summed E-state index contributed by atoms with van der Waals surface area (Å²) in [5.41, 5.74) is 5.35. The number of nitrogens with two attached hydrogens (primary N) is 1. The minimum atomic E-state index is -0.212. The van der Waals surface area contributed by atoms with Crippen LogP contribution in [0.15, 0.2) is 35.2 Å². The molecule has 1 aromatic carbocycles. The lowest BCUT2D eigenvalue weighted by molar-refractivity contribution is -0.120. The van der Waals surface area contributed by atoms with Gasteiger partial charge in [0.1, 0.15) is 0 Å². The minimum absolute atomic E-state index is 0.102. The summed E-state index contributed by atoms with van der Waals surface area (Å²) in [7, 11) is 0. The van der Waals surface area contributed by atoms with Gasteiger partial charge in [0.2, 0.25) is 5.91 Å². The summed E-state index contributed by atoms with van der Waals surface area (Å²) >= 11 is 1.62. The van der Waals surface area contributed by atoms with E-state index < -0.39 is 0 Å². The lowest BCUT2D eigenvalue weighted by Gasteiger charge is -2.20. The van der Waals surface area contributed by atoms with Crippen molar-refractivity contribution in [1.29, 1.82) is 0 Å². The fraction of sp³-hybridized carbons (Fsp3) is 0.364. The first-order valence-corrected chi connectivity index (χ1v) is 5.83. The van der Waals surface area contributed by atoms with Crippen molar-refractivity contribution in [3.05, 3.63) is 30.3 Å². The number of primary amides is 1. The second kappa shape index (κ2) is 4.68. The van der Waals surface area contributed by atoms with Crippen molar-refractivity contribution < 1.29 is 4.79 Å². The van der Waals surface area contributed by atoms with E-state index in [1.54, 1.807) is 11.9 Å². The van der Waals surface area contributed by atoms with Gasteiger partial charge in [-0.3, -0.25) is 4.79 Å². The van der Waals surface area contributed by atoms with Crippen molar-refractivity contribution >= 4 is 17.9 Å². The lowest BCUT2D eigenvalue weighted by atomic mass is 10.2. The highest BCUT2D eigenvalue weighted by Gasteiger charge is 2.29. The second-order valence-corrected chi connectivity index (χ2v) is 4.73. The highest BCUT2D eigenvalue weighted by atomic mass is 32.2. The van der Waals surface area contributed by atoms with Crippen molar-refractivity contribution in [3.63, 3.8) is 0 Å². The Kier molecular flexibility index (Phi) is 3.28. The van der Waals surface area contributed by atoms with E-state index in [2.05, 4.69) is 4.31 Å². The van der Waals surface area contributed by atoms with Gasteiger partial charge in [0, 0.05) is 11.4 Å². The van der Waals surface area contributed by atoms with E-state index in [0.717, 1.165) is 24.3 Å². The monoisotopic (exact) mass is 222 g/mol. The Balaban J connectivity index is 2.03. The summed E-state index contributed by atoms with van der Waals surface area (Å²) in [5.74, 6) is -0.212. The first-order chi connectivity index (χ1) is 7.27. The van der Waals surface area contributed by atoms with Gasteiger partial charge in [0.05, 0.1) is 6.04 Å². The summed E-state index contributed by atoms with van der Waals surface area (Å²) < 4.78 is 2.08. The standard InChI is InChI=1S/C11H14N2OS/c12-11(14)10-7-4-8-13(10)15-9-5-2-1-3-6-9/h1-3,5-6,10H,4,7-8H2,(H2,12,14).